The second-order valence-electron chi connectivity index (χ2n) is 7.11. The number of carbonyl (C=O) groups is 2. The molecule has 2 aromatic heterocycles. The van der Waals surface area contributed by atoms with E-state index in [0.717, 1.165) is 5.76 Å². The van der Waals surface area contributed by atoms with E-state index in [4.69, 9.17) is 9.15 Å². The largest absolute Gasteiger partial charge is 0.459 e. The van der Waals surface area contributed by atoms with Gasteiger partial charge in [0.15, 0.2) is 10.8 Å². The maximum atomic E-state index is 12.4. The molecule has 0 aliphatic carbocycles. The first-order valence-electron chi connectivity index (χ1n) is 8.63. The molecule has 0 unspecified atom stereocenters. The van der Waals surface area contributed by atoms with Crippen molar-refractivity contribution >= 4 is 34.7 Å². The zero-order valence-electron chi connectivity index (χ0n) is 16.0. The van der Waals surface area contributed by atoms with E-state index in [1.807, 2.05) is 19.1 Å². The molecule has 146 valence electrons. The van der Waals surface area contributed by atoms with Crippen LogP contribution in [0.15, 0.2) is 46.2 Å². The summed E-state index contributed by atoms with van der Waals surface area (Å²) in [6, 6.07) is 10.4. The average molecular weight is 399 g/mol. The summed E-state index contributed by atoms with van der Waals surface area (Å²) in [7, 11) is 0. The molecule has 3 aromatic rings. The van der Waals surface area contributed by atoms with E-state index in [2.05, 4.69) is 15.6 Å². The van der Waals surface area contributed by atoms with Gasteiger partial charge in [0.2, 0.25) is 0 Å². The van der Waals surface area contributed by atoms with Crippen LogP contribution in [0.1, 0.15) is 37.0 Å². The Kier molecular flexibility index (Phi) is 5.51. The molecule has 8 heteroatoms. The van der Waals surface area contributed by atoms with Gasteiger partial charge in [-0.05, 0) is 64.1 Å². The molecule has 7 nitrogen and oxygen atoms in total. The van der Waals surface area contributed by atoms with E-state index in [-0.39, 0.29) is 5.91 Å². The third-order valence-corrected chi connectivity index (χ3v) is 4.33. The van der Waals surface area contributed by atoms with E-state index in [0.29, 0.717) is 27.8 Å². The number of anilines is 2. The number of aryl methyl sites for hydroxylation is 1. The number of ether oxygens (including phenoxy) is 1. The molecule has 28 heavy (non-hydrogen) atoms. The first kappa shape index (κ1) is 19.6. The minimum Gasteiger partial charge on any atom is -0.459 e. The van der Waals surface area contributed by atoms with E-state index in [9.17, 15) is 9.59 Å². The molecule has 0 aliphatic rings. The lowest BCUT2D eigenvalue weighted by molar-refractivity contribution is 0.0635. The van der Waals surface area contributed by atoms with Crippen LogP contribution in [-0.2, 0) is 4.74 Å². The van der Waals surface area contributed by atoms with E-state index >= 15 is 0 Å². The van der Waals surface area contributed by atoms with Crippen LogP contribution in [0.25, 0.3) is 10.8 Å². The Balaban J connectivity index is 1.60. The minimum atomic E-state index is -0.571. The number of benzene rings is 1. The second-order valence-corrected chi connectivity index (χ2v) is 7.96. The van der Waals surface area contributed by atoms with Gasteiger partial charge in [-0.1, -0.05) is 0 Å². The summed E-state index contributed by atoms with van der Waals surface area (Å²) in [5, 5.41) is 7.75. The molecule has 0 saturated carbocycles. The monoisotopic (exact) mass is 399 g/mol. The molecule has 2 heterocycles. The number of hydrogen-bond acceptors (Lipinski definition) is 6. The lowest BCUT2D eigenvalue weighted by Crippen LogP contribution is -2.27. The van der Waals surface area contributed by atoms with E-state index < -0.39 is 11.7 Å². The van der Waals surface area contributed by atoms with Gasteiger partial charge in [-0.25, -0.2) is 9.78 Å². The summed E-state index contributed by atoms with van der Waals surface area (Å²) in [4.78, 5) is 28.5. The molecule has 0 spiro atoms. The van der Waals surface area contributed by atoms with Crippen LogP contribution in [0.3, 0.4) is 0 Å². The topological polar surface area (TPSA) is 93.5 Å². The fourth-order valence-electron chi connectivity index (χ4n) is 2.29. The van der Waals surface area contributed by atoms with Gasteiger partial charge in [-0.15, -0.1) is 11.3 Å². The third kappa shape index (κ3) is 5.20. The summed E-state index contributed by atoms with van der Waals surface area (Å²) >= 11 is 1.34. The van der Waals surface area contributed by atoms with Crippen LogP contribution in [0, 0.1) is 6.92 Å². The number of aromatic nitrogens is 1. The van der Waals surface area contributed by atoms with Gasteiger partial charge in [0.05, 0.1) is 0 Å². The van der Waals surface area contributed by atoms with E-state index in [1.165, 1.54) is 11.3 Å². The summed E-state index contributed by atoms with van der Waals surface area (Å²) in [5.74, 6) is 1.11. The number of nitrogens with zero attached hydrogens (tertiary/aromatic N) is 1. The number of amides is 2. The molecule has 2 amide bonds. The van der Waals surface area contributed by atoms with Crippen molar-refractivity contribution in [3.05, 3.63) is 53.2 Å². The van der Waals surface area contributed by atoms with Gasteiger partial charge >= 0.3 is 6.09 Å². The highest BCUT2D eigenvalue weighted by molar-refractivity contribution is 7.13. The SMILES string of the molecule is Cc1ccc(-c2nc(C(=O)Nc3ccc(NC(=O)OC(C)(C)C)cc3)cs2)o1. The normalized spacial score (nSPS) is 11.1. The Morgan fingerprint density at radius 2 is 1.68 bits per heavy atom. The van der Waals surface area contributed by atoms with Crippen LogP contribution >= 0.6 is 11.3 Å². The van der Waals surface area contributed by atoms with Crippen molar-refractivity contribution in [2.45, 2.75) is 33.3 Å². The quantitative estimate of drug-likeness (QED) is 0.620. The summed E-state index contributed by atoms with van der Waals surface area (Å²) in [6.07, 6.45) is -0.535. The van der Waals surface area contributed by atoms with Gasteiger partial charge in [-0.2, -0.15) is 0 Å². The van der Waals surface area contributed by atoms with Crippen LogP contribution < -0.4 is 10.6 Å². The Morgan fingerprint density at radius 1 is 1.04 bits per heavy atom. The van der Waals surface area contributed by atoms with Gasteiger partial charge in [0.1, 0.15) is 17.1 Å². The smallest absolute Gasteiger partial charge is 0.412 e. The molecular weight excluding hydrogens is 378 g/mol. The molecule has 0 saturated heterocycles. The number of furan rings is 1. The first-order chi connectivity index (χ1) is 13.2. The van der Waals surface area contributed by atoms with Crippen molar-refractivity contribution in [3.8, 4) is 10.8 Å². The van der Waals surface area contributed by atoms with Crippen LogP contribution in [0.4, 0.5) is 16.2 Å². The molecule has 3 rings (SSSR count). The number of hydrogen-bond donors (Lipinski definition) is 2. The molecular formula is C20H21N3O4S. The van der Waals surface area contributed by atoms with Crippen molar-refractivity contribution < 1.29 is 18.7 Å². The van der Waals surface area contributed by atoms with Crippen LogP contribution in [0.5, 0.6) is 0 Å². The highest BCUT2D eigenvalue weighted by Gasteiger charge is 2.17. The fraction of sp³-hybridized carbons (Fsp3) is 0.250. The fourth-order valence-corrected chi connectivity index (χ4v) is 3.05. The van der Waals surface area contributed by atoms with Crippen LogP contribution in [-0.4, -0.2) is 22.6 Å². The molecule has 0 fully saturated rings. The van der Waals surface area contributed by atoms with Gasteiger partial charge in [0, 0.05) is 16.8 Å². The lowest BCUT2D eigenvalue weighted by Gasteiger charge is -2.19. The average Bonchev–Trinajstić information content (AvgIpc) is 3.23. The number of thiazole rings is 1. The first-order valence-corrected chi connectivity index (χ1v) is 9.51. The lowest BCUT2D eigenvalue weighted by atomic mass is 10.2. The summed E-state index contributed by atoms with van der Waals surface area (Å²) < 4.78 is 10.7. The molecule has 0 radical (unpaired) electrons. The zero-order valence-corrected chi connectivity index (χ0v) is 16.8. The molecule has 1 aromatic carbocycles. The summed E-state index contributed by atoms with van der Waals surface area (Å²) in [5.41, 5.74) is 0.892. The van der Waals surface area contributed by atoms with Crippen LogP contribution in [0.2, 0.25) is 0 Å². The van der Waals surface area contributed by atoms with Crippen molar-refractivity contribution in [2.75, 3.05) is 10.6 Å². The Bertz CT molecular complexity index is 984. The van der Waals surface area contributed by atoms with Crippen molar-refractivity contribution in [3.63, 3.8) is 0 Å². The highest BCUT2D eigenvalue weighted by Crippen LogP contribution is 2.26. The predicted octanol–water partition coefficient (Wildman–Crippen LogP) is 5.31. The minimum absolute atomic E-state index is 0.310. The third-order valence-electron chi connectivity index (χ3n) is 3.48. The van der Waals surface area contributed by atoms with Crippen molar-refractivity contribution in [2.24, 2.45) is 0 Å². The van der Waals surface area contributed by atoms with Crippen molar-refractivity contribution in [1.29, 1.82) is 0 Å². The standard InChI is InChI=1S/C20H21N3O4S/c1-12-5-10-16(26-12)18-23-15(11-28-18)17(24)21-13-6-8-14(9-7-13)22-19(25)27-20(2,3)4/h5-11H,1-4H3,(H,21,24)(H,22,25). The van der Waals surface area contributed by atoms with E-state index in [1.54, 1.807) is 50.4 Å². The Morgan fingerprint density at radius 3 is 2.25 bits per heavy atom. The molecule has 0 aliphatic heterocycles. The van der Waals surface area contributed by atoms with Gasteiger partial charge < -0.3 is 14.5 Å². The number of rotatable bonds is 4. The molecule has 2 N–H and O–H groups in total. The predicted molar refractivity (Wildman–Crippen MR) is 109 cm³/mol. The zero-order chi connectivity index (χ0) is 20.3. The maximum absolute atomic E-state index is 12.4. The molecule has 0 atom stereocenters. The van der Waals surface area contributed by atoms with Gasteiger partial charge in [-0.3, -0.25) is 10.1 Å². The summed E-state index contributed by atoms with van der Waals surface area (Å²) in [6.45, 7) is 7.23. The molecule has 0 bridgehead atoms. The van der Waals surface area contributed by atoms with Gasteiger partial charge in [0.25, 0.3) is 5.91 Å². The van der Waals surface area contributed by atoms with Crippen molar-refractivity contribution in [1.82, 2.24) is 4.98 Å². The maximum Gasteiger partial charge on any atom is 0.412 e. The number of carbonyl (C=O) groups excluding carboxylic acids is 2. The Labute approximate surface area is 166 Å². The highest BCUT2D eigenvalue weighted by atomic mass is 32.1. The number of nitrogens with one attached hydrogen (secondary N) is 2. The second kappa shape index (κ2) is 7.85. The Hall–Kier alpha value is -3.13.